The molecule has 80 valence electrons. The van der Waals surface area contributed by atoms with Crippen LogP contribution >= 0.6 is 0 Å². The molecule has 1 aliphatic heterocycles. The van der Waals surface area contributed by atoms with Crippen molar-refractivity contribution in [3.63, 3.8) is 0 Å². The number of carbonyl (C=O) groups is 1. The van der Waals surface area contributed by atoms with Crippen molar-refractivity contribution < 1.29 is 9.32 Å². The Morgan fingerprint density at radius 1 is 1.53 bits per heavy atom. The predicted molar refractivity (Wildman–Crippen MR) is 55.5 cm³/mol. The van der Waals surface area contributed by atoms with Gasteiger partial charge in [-0.15, -0.1) is 0 Å². The average molecular weight is 206 g/mol. The average Bonchev–Trinajstić information content (AvgIpc) is 2.65. The van der Waals surface area contributed by atoms with Gasteiger partial charge in [-0.1, -0.05) is 17.3 Å². The molecule has 0 radical (unpaired) electrons. The normalized spacial score (nSPS) is 16.9. The summed E-state index contributed by atoms with van der Waals surface area (Å²) in [5.41, 5.74) is 1.62. The second-order valence-electron chi connectivity index (χ2n) is 3.87. The maximum absolute atomic E-state index is 11.9. The summed E-state index contributed by atoms with van der Waals surface area (Å²) in [4.78, 5) is 13.7. The van der Waals surface area contributed by atoms with E-state index in [1.807, 2.05) is 0 Å². The fourth-order valence-corrected chi connectivity index (χ4v) is 1.66. The third-order valence-electron chi connectivity index (χ3n) is 2.60. The highest BCUT2D eigenvalue weighted by Gasteiger charge is 2.21. The van der Waals surface area contributed by atoms with Gasteiger partial charge in [0.1, 0.15) is 5.76 Å². The second kappa shape index (κ2) is 3.88. The van der Waals surface area contributed by atoms with Gasteiger partial charge in [-0.3, -0.25) is 4.79 Å². The summed E-state index contributed by atoms with van der Waals surface area (Å²) in [5.74, 6) is 0.624. The minimum absolute atomic E-state index is 0.0423. The van der Waals surface area contributed by atoms with Crippen LogP contribution in [0.15, 0.2) is 22.7 Å². The summed E-state index contributed by atoms with van der Waals surface area (Å²) in [5, 5.41) is 3.72. The van der Waals surface area contributed by atoms with Crippen LogP contribution in [0.3, 0.4) is 0 Å². The number of amides is 1. The van der Waals surface area contributed by atoms with Crippen LogP contribution in [0.4, 0.5) is 0 Å². The topological polar surface area (TPSA) is 46.3 Å². The molecule has 0 N–H and O–H groups in total. The molecule has 2 heterocycles. The molecule has 0 atom stereocenters. The van der Waals surface area contributed by atoms with E-state index in [2.05, 4.69) is 11.7 Å². The van der Waals surface area contributed by atoms with Crippen molar-refractivity contribution in [2.75, 3.05) is 13.1 Å². The number of likely N-dealkylation sites (tertiary alicyclic amines) is 1. The molecule has 1 aromatic rings. The van der Waals surface area contributed by atoms with Crippen LogP contribution in [0.1, 0.15) is 29.1 Å². The zero-order valence-corrected chi connectivity index (χ0v) is 8.82. The number of piperidine rings is 1. The van der Waals surface area contributed by atoms with Gasteiger partial charge >= 0.3 is 0 Å². The van der Waals surface area contributed by atoms with Crippen molar-refractivity contribution in [1.82, 2.24) is 10.1 Å². The first-order chi connectivity index (χ1) is 7.16. The number of hydrogen-bond acceptors (Lipinski definition) is 3. The summed E-state index contributed by atoms with van der Waals surface area (Å²) in [6, 6.07) is 1.67. The maximum Gasteiger partial charge on any atom is 0.276 e. The maximum atomic E-state index is 11.9. The van der Waals surface area contributed by atoms with Crippen LogP contribution in [-0.2, 0) is 0 Å². The smallest absolute Gasteiger partial charge is 0.276 e. The molecule has 0 bridgehead atoms. The Hall–Kier alpha value is -1.58. The van der Waals surface area contributed by atoms with Crippen molar-refractivity contribution in [2.45, 2.75) is 19.8 Å². The number of rotatable bonds is 1. The lowest BCUT2D eigenvalue weighted by Crippen LogP contribution is -2.36. The van der Waals surface area contributed by atoms with Crippen LogP contribution in [0.2, 0.25) is 0 Å². The van der Waals surface area contributed by atoms with Crippen molar-refractivity contribution in [3.05, 3.63) is 29.7 Å². The molecule has 2 rings (SSSR count). The van der Waals surface area contributed by atoms with Crippen LogP contribution in [0.25, 0.3) is 0 Å². The van der Waals surface area contributed by atoms with E-state index in [1.54, 1.807) is 17.9 Å². The van der Waals surface area contributed by atoms with Gasteiger partial charge in [-0.25, -0.2) is 0 Å². The molecule has 4 nitrogen and oxygen atoms in total. The van der Waals surface area contributed by atoms with Gasteiger partial charge in [-0.2, -0.15) is 0 Å². The third kappa shape index (κ3) is 2.09. The first-order valence-corrected chi connectivity index (χ1v) is 5.06. The molecule has 0 unspecified atom stereocenters. The van der Waals surface area contributed by atoms with Crippen LogP contribution < -0.4 is 0 Å². The minimum atomic E-state index is -0.0423. The van der Waals surface area contributed by atoms with Crippen LogP contribution in [0.5, 0.6) is 0 Å². The Kier molecular flexibility index (Phi) is 2.58. The molecular weight excluding hydrogens is 192 g/mol. The van der Waals surface area contributed by atoms with E-state index in [-0.39, 0.29) is 5.91 Å². The first-order valence-electron chi connectivity index (χ1n) is 5.06. The highest BCUT2D eigenvalue weighted by Crippen LogP contribution is 2.16. The summed E-state index contributed by atoms with van der Waals surface area (Å²) in [7, 11) is 0. The molecule has 1 fully saturated rings. The van der Waals surface area contributed by atoms with E-state index in [0.29, 0.717) is 11.5 Å². The van der Waals surface area contributed by atoms with E-state index < -0.39 is 0 Å². The standard InChI is InChI=1S/C11H14N2O2/c1-8-3-5-13(6-4-8)11(14)10-7-9(2)15-12-10/h7H,1,3-6H2,2H3. The fraction of sp³-hybridized carbons (Fsp3) is 0.455. The zero-order chi connectivity index (χ0) is 10.8. The molecule has 0 saturated carbocycles. The number of carbonyl (C=O) groups excluding carboxylic acids is 1. The van der Waals surface area contributed by atoms with E-state index in [9.17, 15) is 4.79 Å². The van der Waals surface area contributed by atoms with E-state index in [4.69, 9.17) is 4.52 Å². The Balaban J connectivity index is 2.05. The van der Waals surface area contributed by atoms with Gasteiger partial charge in [0, 0.05) is 19.2 Å². The number of aromatic nitrogens is 1. The van der Waals surface area contributed by atoms with Crippen LogP contribution in [0, 0.1) is 6.92 Å². The van der Waals surface area contributed by atoms with Crippen LogP contribution in [-0.4, -0.2) is 29.1 Å². The lowest BCUT2D eigenvalue weighted by atomic mass is 10.1. The Morgan fingerprint density at radius 3 is 2.73 bits per heavy atom. The molecule has 4 heteroatoms. The van der Waals surface area contributed by atoms with Gasteiger partial charge in [0.25, 0.3) is 5.91 Å². The molecule has 0 spiro atoms. The SMILES string of the molecule is C=C1CCN(C(=O)c2cc(C)on2)CC1. The lowest BCUT2D eigenvalue weighted by molar-refractivity contribution is 0.0733. The quantitative estimate of drug-likeness (QED) is 0.658. The minimum Gasteiger partial charge on any atom is -0.361 e. The van der Waals surface area contributed by atoms with Gasteiger partial charge in [0.15, 0.2) is 5.69 Å². The van der Waals surface area contributed by atoms with Crippen molar-refractivity contribution in [3.8, 4) is 0 Å². The largest absolute Gasteiger partial charge is 0.361 e. The molecule has 15 heavy (non-hydrogen) atoms. The summed E-state index contributed by atoms with van der Waals surface area (Å²) < 4.78 is 4.88. The molecule has 0 aliphatic carbocycles. The van der Waals surface area contributed by atoms with E-state index in [0.717, 1.165) is 25.9 Å². The number of hydrogen-bond donors (Lipinski definition) is 0. The highest BCUT2D eigenvalue weighted by atomic mass is 16.5. The van der Waals surface area contributed by atoms with Crippen molar-refractivity contribution in [1.29, 1.82) is 0 Å². The molecular formula is C11H14N2O2. The fourth-order valence-electron chi connectivity index (χ4n) is 1.66. The molecule has 1 amide bonds. The predicted octanol–water partition coefficient (Wildman–Crippen LogP) is 1.78. The van der Waals surface area contributed by atoms with Gasteiger partial charge in [0.05, 0.1) is 0 Å². The van der Waals surface area contributed by atoms with Gasteiger partial charge in [0.2, 0.25) is 0 Å². The summed E-state index contributed by atoms with van der Waals surface area (Å²) in [6.07, 6.45) is 1.78. The first kappa shape index (κ1) is 9.96. The summed E-state index contributed by atoms with van der Waals surface area (Å²) in [6.45, 7) is 7.17. The number of nitrogens with zero attached hydrogens (tertiary/aromatic N) is 2. The highest BCUT2D eigenvalue weighted by molar-refractivity contribution is 5.92. The van der Waals surface area contributed by atoms with Crippen molar-refractivity contribution >= 4 is 5.91 Å². The van der Waals surface area contributed by atoms with E-state index >= 15 is 0 Å². The third-order valence-corrected chi connectivity index (χ3v) is 2.60. The van der Waals surface area contributed by atoms with Gasteiger partial charge in [-0.05, 0) is 19.8 Å². The molecule has 1 aromatic heterocycles. The molecule has 1 aliphatic rings. The van der Waals surface area contributed by atoms with E-state index in [1.165, 1.54) is 5.57 Å². The monoisotopic (exact) mass is 206 g/mol. The second-order valence-corrected chi connectivity index (χ2v) is 3.87. The number of aryl methyl sites for hydroxylation is 1. The lowest BCUT2D eigenvalue weighted by Gasteiger charge is -2.27. The Bertz CT molecular complexity index is 385. The van der Waals surface area contributed by atoms with Crippen molar-refractivity contribution in [2.24, 2.45) is 0 Å². The Morgan fingerprint density at radius 2 is 2.20 bits per heavy atom. The Labute approximate surface area is 88.5 Å². The molecule has 1 saturated heterocycles. The van der Waals surface area contributed by atoms with Gasteiger partial charge < -0.3 is 9.42 Å². The summed E-state index contributed by atoms with van der Waals surface area (Å²) >= 11 is 0. The zero-order valence-electron chi connectivity index (χ0n) is 8.82. The molecule has 0 aromatic carbocycles.